The summed E-state index contributed by atoms with van der Waals surface area (Å²) in [6.07, 6.45) is 0.584. The molecule has 0 amide bonds. The largest absolute Gasteiger partial charge is 0.486 e. The Kier molecular flexibility index (Phi) is 4.75. The molecular weight excluding hydrogens is 338 g/mol. The molecule has 23 heavy (non-hydrogen) atoms. The van der Waals surface area contributed by atoms with Crippen molar-refractivity contribution in [2.45, 2.75) is 11.3 Å². The summed E-state index contributed by atoms with van der Waals surface area (Å²) in [6.45, 7) is 1.19. The average Bonchev–Trinajstić information content (AvgIpc) is 2.56. The molecule has 0 saturated carbocycles. The fraction of sp³-hybridized carbons (Fsp3) is 0.250. The van der Waals surface area contributed by atoms with Crippen LogP contribution in [-0.2, 0) is 16.4 Å². The van der Waals surface area contributed by atoms with Gasteiger partial charge in [-0.05, 0) is 36.2 Å². The fourth-order valence-corrected chi connectivity index (χ4v) is 3.43. The first-order chi connectivity index (χ1) is 11.0. The van der Waals surface area contributed by atoms with E-state index in [1.165, 1.54) is 12.1 Å². The molecule has 1 N–H and O–H groups in total. The second kappa shape index (κ2) is 6.78. The average molecular weight is 354 g/mol. The molecule has 5 nitrogen and oxygen atoms in total. The van der Waals surface area contributed by atoms with Crippen molar-refractivity contribution >= 4 is 21.6 Å². The Hall–Kier alpha value is -1.76. The van der Waals surface area contributed by atoms with Crippen molar-refractivity contribution in [2.24, 2.45) is 0 Å². The minimum Gasteiger partial charge on any atom is -0.486 e. The molecular formula is C16H16ClNO4S. The van der Waals surface area contributed by atoms with Crippen molar-refractivity contribution in [1.82, 2.24) is 4.72 Å². The Labute approximate surface area is 140 Å². The van der Waals surface area contributed by atoms with Crippen LogP contribution in [0.4, 0.5) is 0 Å². The molecule has 0 atom stereocenters. The van der Waals surface area contributed by atoms with E-state index in [-0.39, 0.29) is 4.90 Å². The van der Waals surface area contributed by atoms with Crippen molar-refractivity contribution in [3.05, 3.63) is 53.1 Å². The maximum absolute atomic E-state index is 12.3. The van der Waals surface area contributed by atoms with Crippen molar-refractivity contribution in [1.29, 1.82) is 0 Å². The van der Waals surface area contributed by atoms with Crippen LogP contribution in [0.15, 0.2) is 47.4 Å². The molecule has 1 aliphatic heterocycles. The number of hydrogen-bond donors (Lipinski definition) is 1. The van der Waals surface area contributed by atoms with Gasteiger partial charge in [-0.15, -0.1) is 0 Å². The van der Waals surface area contributed by atoms with Gasteiger partial charge in [-0.2, -0.15) is 0 Å². The third-order valence-corrected chi connectivity index (χ3v) is 5.15. The van der Waals surface area contributed by atoms with Crippen molar-refractivity contribution in [3.8, 4) is 11.5 Å². The van der Waals surface area contributed by atoms with E-state index in [9.17, 15) is 8.42 Å². The Morgan fingerprint density at radius 3 is 2.43 bits per heavy atom. The number of sulfonamides is 1. The maximum Gasteiger partial charge on any atom is 0.240 e. The number of hydrogen-bond acceptors (Lipinski definition) is 4. The number of halogens is 1. The van der Waals surface area contributed by atoms with E-state index in [0.717, 1.165) is 5.56 Å². The molecule has 0 radical (unpaired) electrons. The van der Waals surface area contributed by atoms with Gasteiger partial charge in [-0.25, -0.2) is 13.1 Å². The molecule has 0 fully saturated rings. The van der Waals surface area contributed by atoms with Gasteiger partial charge in [0.15, 0.2) is 11.5 Å². The summed E-state index contributed by atoms with van der Waals surface area (Å²) in [6, 6.07) is 11.9. The summed E-state index contributed by atoms with van der Waals surface area (Å²) in [7, 11) is -3.58. The first kappa shape index (κ1) is 16.1. The van der Waals surface area contributed by atoms with Gasteiger partial charge in [0.25, 0.3) is 0 Å². The van der Waals surface area contributed by atoms with Crippen LogP contribution in [0.5, 0.6) is 11.5 Å². The highest BCUT2D eigenvalue weighted by molar-refractivity contribution is 7.89. The summed E-state index contributed by atoms with van der Waals surface area (Å²) < 4.78 is 38.1. The van der Waals surface area contributed by atoms with Crippen LogP contribution < -0.4 is 14.2 Å². The van der Waals surface area contributed by atoms with E-state index in [0.29, 0.717) is 42.7 Å². The highest BCUT2D eigenvalue weighted by atomic mass is 35.5. The highest BCUT2D eigenvalue weighted by Gasteiger charge is 2.18. The second-order valence-electron chi connectivity index (χ2n) is 5.08. The van der Waals surface area contributed by atoms with E-state index >= 15 is 0 Å². The van der Waals surface area contributed by atoms with Gasteiger partial charge in [-0.1, -0.05) is 23.7 Å². The summed E-state index contributed by atoms with van der Waals surface area (Å²) in [5.74, 6) is 1.02. The van der Waals surface area contributed by atoms with Crippen LogP contribution in [0.2, 0.25) is 5.02 Å². The van der Waals surface area contributed by atoms with Gasteiger partial charge in [0.2, 0.25) is 10.0 Å². The van der Waals surface area contributed by atoms with Gasteiger partial charge >= 0.3 is 0 Å². The molecule has 1 aliphatic rings. The molecule has 0 spiro atoms. The van der Waals surface area contributed by atoms with Crippen LogP contribution in [-0.4, -0.2) is 28.2 Å². The standard InChI is InChI=1S/C16H16ClNO4S/c17-13-3-1-12(2-4-13)7-8-18-23(19,20)14-5-6-15-16(11-14)22-10-9-21-15/h1-6,11,18H,7-10H2. The van der Waals surface area contributed by atoms with E-state index in [2.05, 4.69) is 4.72 Å². The lowest BCUT2D eigenvalue weighted by Crippen LogP contribution is -2.26. The van der Waals surface area contributed by atoms with Gasteiger partial charge in [0.1, 0.15) is 13.2 Å². The number of nitrogens with one attached hydrogen (secondary N) is 1. The van der Waals surface area contributed by atoms with Crippen molar-refractivity contribution in [2.75, 3.05) is 19.8 Å². The van der Waals surface area contributed by atoms with Gasteiger partial charge < -0.3 is 9.47 Å². The van der Waals surface area contributed by atoms with E-state index in [1.54, 1.807) is 18.2 Å². The lowest BCUT2D eigenvalue weighted by atomic mass is 10.2. The zero-order chi connectivity index (χ0) is 16.3. The lowest BCUT2D eigenvalue weighted by Gasteiger charge is -2.18. The number of fused-ring (bicyclic) bond motifs is 1. The van der Waals surface area contributed by atoms with E-state index in [4.69, 9.17) is 21.1 Å². The van der Waals surface area contributed by atoms with E-state index in [1.807, 2.05) is 12.1 Å². The molecule has 122 valence electrons. The van der Waals surface area contributed by atoms with Crippen molar-refractivity contribution in [3.63, 3.8) is 0 Å². The molecule has 3 rings (SSSR count). The first-order valence-corrected chi connectivity index (χ1v) is 9.04. The van der Waals surface area contributed by atoms with Gasteiger partial charge in [0, 0.05) is 17.6 Å². The minimum absolute atomic E-state index is 0.165. The Balaban J connectivity index is 1.65. The first-order valence-electron chi connectivity index (χ1n) is 7.18. The topological polar surface area (TPSA) is 64.6 Å². The molecule has 7 heteroatoms. The summed E-state index contributed by atoms with van der Waals surface area (Å²) in [5, 5.41) is 0.658. The Morgan fingerprint density at radius 2 is 1.70 bits per heavy atom. The molecule has 0 aromatic heterocycles. The third kappa shape index (κ3) is 3.96. The second-order valence-corrected chi connectivity index (χ2v) is 7.28. The molecule has 0 saturated heterocycles. The van der Waals surface area contributed by atoms with E-state index < -0.39 is 10.0 Å². The lowest BCUT2D eigenvalue weighted by molar-refractivity contribution is 0.171. The summed E-state index contributed by atoms with van der Waals surface area (Å²) in [5.41, 5.74) is 1.01. The highest BCUT2D eigenvalue weighted by Crippen LogP contribution is 2.32. The Morgan fingerprint density at radius 1 is 1.00 bits per heavy atom. The van der Waals surface area contributed by atoms with Gasteiger partial charge in [-0.3, -0.25) is 0 Å². The maximum atomic E-state index is 12.3. The van der Waals surface area contributed by atoms with Crippen LogP contribution in [0.1, 0.15) is 5.56 Å². The Bertz CT molecular complexity index is 790. The zero-order valence-electron chi connectivity index (χ0n) is 12.3. The smallest absolute Gasteiger partial charge is 0.240 e. The molecule has 0 aliphatic carbocycles. The molecule has 0 bridgehead atoms. The number of ether oxygens (including phenoxy) is 2. The predicted molar refractivity (Wildman–Crippen MR) is 87.8 cm³/mol. The summed E-state index contributed by atoms with van der Waals surface area (Å²) >= 11 is 5.82. The van der Waals surface area contributed by atoms with Crippen LogP contribution in [0.3, 0.4) is 0 Å². The van der Waals surface area contributed by atoms with Gasteiger partial charge in [0.05, 0.1) is 4.90 Å². The molecule has 0 unspecified atom stereocenters. The van der Waals surface area contributed by atoms with Crippen LogP contribution in [0.25, 0.3) is 0 Å². The SMILES string of the molecule is O=S(=O)(NCCc1ccc(Cl)cc1)c1ccc2c(c1)OCCO2. The monoisotopic (exact) mass is 353 g/mol. The van der Waals surface area contributed by atoms with Crippen LogP contribution in [0, 0.1) is 0 Å². The normalized spacial score (nSPS) is 13.8. The number of benzene rings is 2. The van der Waals surface area contributed by atoms with Crippen LogP contribution >= 0.6 is 11.6 Å². The predicted octanol–water partition coefficient (Wildman–Crippen LogP) is 2.63. The summed E-state index contributed by atoms with van der Waals surface area (Å²) in [4.78, 5) is 0.165. The van der Waals surface area contributed by atoms with Crippen molar-refractivity contribution < 1.29 is 17.9 Å². The molecule has 1 heterocycles. The zero-order valence-corrected chi connectivity index (χ0v) is 13.9. The molecule has 2 aromatic rings. The fourth-order valence-electron chi connectivity index (χ4n) is 2.25. The molecule has 2 aromatic carbocycles. The quantitative estimate of drug-likeness (QED) is 0.897. The number of rotatable bonds is 5. The minimum atomic E-state index is -3.58. The third-order valence-electron chi connectivity index (χ3n) is 3.44.